The summed E-state index contributed by atoms with van der Waals surface area (Å²) >= 11 is 0. The molecule has 2 N–H and O–H groups in total. The number of hydrogen-bond donors (Lipinski definition) is 1. The van der Waals surface area contributed by atoms with Crippen molar-refractivity contribution >= 4 is 11.5 Å². The predicted molar refractivity (Wildman–Crippen MR) is 85.3 cm³/mol. The quantitative estimate of drug-likeness (QED) is 0.940. The van der Waals surface area contributed by atoms with Gasteiger partial charge in [0.05, 0.1) is 12.2 Å². The van der Waals surface area contributed by atoms with E-state index in [0.29, 0.717) is 17.9 Å². The highest BCUT2D eigenvalue weighted by molar-refractivity contribution is 5.68. The molecular weight excluding hydrogens is 260 g/mol. The standard InChI is InChI=1S/C17H20N4/c1-13-4-6-14(7-5-13)12-21-15(11-18)10-16(19)17(21)20-8-2-3-9-20/h4-7,10H,2-3,8-9,12,19H2,1H3. The third-order valence-corrected chi connectivity index (χ3v) is 4.08. The van der Waals surface area contributed by atoms with E-state index in [9.17, 15) is 5.26 Å². The molecule has 0 aliphatic carbocycles. The molecule has 1 aliphatic heterocycles. The number of rotatable bonds is 3. The average Bonchev–Trinajstić information content (AvgIpc) is 3.09. The number of hydrogen-bond acceptors (Lipinski definition) is 3. The van der Waals surface area contributed by atoms with Gasteiger partial charge < -0.3 is 15.2 Å². The molecule has 1 fully saturated rings. The van der Waals surface area contributed by atoms with Gasteiger partial charge in [0.15, 0.2) is 0 Å². The number of nitrogens with zero attached hydrogens (tertiary/aromatic N) is 3. The zero-order valence-electron chi connectivity index (χ0n) is 12.3. The van der Waals surface area contributed by atoms with Crippen LogP contribution in [0.25, 0.3) is 0 Å². The molecule has 0 amide bonds. The second-order valence-corrected chi connectivity index (χ2v) is 5.69. The van der Waals surface area contributed by atoms with Gasteiger partial charge in [-0.1, -0.05) is 29.8 Å². The first-order valence-electron chi connectivity index (χ1n) is 7.38. The Morgan fingerprint density at radius 3 is 2.48 bits per heavy atom. The van der Waals surface area contributed by atoms with E-state index < -0.39 is 0 Å². The number of anilines is 2. The van der Waals surface area contributed by atoms with Crippen LogP contribution in [0, 0.1) is 18.3 Å². The van der Waals surface area contributed by atoms with Crippen LogP contribution < -0.4 is 10.6 Å². The van der Waals surface area contributed by atoms with Gasteiger partial charge in [0, 0.05) is 13.1 Å². The lowest BCUT2D eigenvalue weighted by atomic mass is 10.1. The Hall–Kier alpha value is -2.41. The fourth-order valence-corrected chi connectivity index (χ4v) is 2.97. The molecule has 0 unspecified atom stereocenters. The molecule has 1 saturated heterocycles. The van der Waals surface area contributed by atoms with Gasteiger partial charge in [0.25, 0.3) is 0 Å². The summed E-state index contributed by atoms with van der Waals surface area (Å²) in [5, 5.41) is 9.38. The van der Waals surface area contributed by atoms with E-state index in [0.717, 1.165) is 18.9 Å². The van der Waals surface area contributed by atoms with Crippen LogP contribution in [0.2, 0.25) is 0 Å². The fourth-order valence-electron chi connectivity index (χ4n) is 2.97. The third kappa shape index (κ3) is 2.59. The van der Waals surface area contributed by atoms with E-state index in [1.165, 1.54) is 24.0 Å². The summed E-state index contributed by atoms with van der Waals surface area (Å²) in [6, 6.07) is 12.5. The zero-order valence-corrected chi connectivity index (χ0v) is 12.3. The van der Waals surface area contributed by atoms with Crippen LogP contribution in [0.5, 0.6) is 0 Å². The second-order valence-electron chi connectivity index (χ2n) is 5.69. The van der Waals surface area contributed by atoms with Gasteiger partial charge in [-0.05, 0) is 31.4 Å². The maximum Gasteiger partial charge on any atom is 0.133 e. The van der Waals surface area contributed by atoms with E-state index in [2.05, 4.69) is 42.2 Å². The molecule has 2 aromatic rings. The van der Waals surface area contributed by atoms with Gasteiger partial charge in [-0.15, -0.1) is 0 Å². The normalized spacial score (nSPS) is 14.4. The average molecular weight is 280 g/mol. The summed E-state index contributed by atoms with van der Waals surface area (Å²) < 4.78 is 2.05. The van der Waals surface area contributed by atoms with Crippen LogP contribution in [0.3, 0.4) is 0 Å². The van der Waals surface area contributed by atoms with Crippen molar-refractivity contribution in [2.45, 2.75) is 26.3 Å². The Morgan fingerprint density at radius 1 is 1.19 bits per heavy atom. The minimum atomic E-state index is 0.634. The maximum atomic E-state index is 9.38. The molecular formula is C17H20N4. The van der Waals surface area contributed by atoms with Crippen molar-refractivity contribution in [3.05, 3.63) is 47.2 Å². The van der Waals surface area contributed by atoms with Gasteiger partial charge in [0.1, 0.15) is 17.6 Å². The molecule has 0 bridgehead atoms. The number of aryl methyl sites for hydroxylation is 1. The SMILES string of the molecule is Cc1ccc(Cn2c(C#N)cc(N)c2N2CCCC2)cc1. The van der Waals surface area contributed by atoms with Crippen molar-refractivity contribution in [3.63, 3.8) is 0 Å². The maximum absolute atomic E-state index is 9.38. The highest BCUT2D eigenvalue weighted by Gasteiger charge is 2.21. The largest absolute Gasteiger partial charge is 0.396 e. The molecule has 1 aliphatic rings. The molecule has 0 spiro atoms. The van der Waals surface area contributed by atoms with Crippen molar-refractivity contribution in [1.82, 2.24) is 4.57 Å². The molecule has 4 heteroatoms. The van der Waals surface area contributed by atoms with E-state index in [-0.39, 0.29) is 0 Å². The Kier molecular flexibility index (Phi) is 3.57. The number of aromatic nitrogens is 1. The summed E-state index contributed by atoms with van der Waals surface area (Å²) in [6.07, 6.45) is 2.38. The first kappa shape index (κ1) is 13.6. The minimum absolute atomic E-state index is 0.634. The van der Waals surface area contributed by atoms with Gasteiger partial charge >= 0.3 is 0 Å². The summed E-state index contributed by atoms with van der Waals surface area (Å²) in [6.45, 7) is 4.81. The fraction of sp³-hybridized carbons (Fsp3) is 0.353. The lowest BCUT2D eigenvalue weighted by molar-refractivity contribution is 0.761. The van der Waals surface area contributed by atoms with Crippen molar-refractivity contribution in [1.29, 1.82) is 5.26 Å². The highest BCUT2D eigenvalue weighted by Crippen LogP contribution is 2.31. The summed E-state index contributed by atoms with van der Waals surface area (Å²) in [4.78, 5) is 2.30. The van der Waals surface area contributed by atoms with Gasteiger partial charge in [-0.2, -0.15) is 5.26 Å². The molecule has 0 saturated carbocycles. The second kappa shape index (κ2) is 5.53. The molecule has 1 aromatic heterocycles. The summed E-state index contributed by atoms with van der Waals surface area (Å²) in [7, 11) is 0. The Balaban J connectivity index is 1.99. The Morgan fingerprint density at radius 2 is 1.86 bits per heavy atom. The molecule has 1 aromatic carbocycles. The van der Waals surface area contributed by atoms with E-state index >= 15 is 0 Å². The Bertz CT molecular complexity index is 670. The smallest absolute Gasteiger partial charge is 0.133 e. The molecule has 3 rings (SSSR count). The summed E-state index contributed by atoms with van der Waals surface area (Å²) in [5.41, 5.74) is 9.93. The highest BCUT2D eigenvalue weighted by atomic mass is 15.3. The van der Waals surface area contributed by atoms with E-state index in [1.807, 2.05) is 4.57 Å². The number of nitriles is 1. The lowest BCUT2D eigenvalue weighted by Gasteiger charge is -2.21. The third-order valence-electron chi connectivity index (χ3n) is 4.08. The number of benzene rings is 1. The van der Waals surface area contributed by atoms with Gasteiger partial charge in [0.2, 0.25) is 0 Å². The molecule has 21 heavy (non-hydrogen) atoms. The van der Waals surface area contributed by atoms with Crippen LogP contribution in [-0.2, 0) is 6.54 Å². The Labute approximate surface area is 125 Å². The van der Waals surface area contributed by atoms with Crippen molar-refractivity contribution in [2.75, 3.05) is 23.7 Å². The summed E-state index contributed by atoms with van der Waals surface area (Å²) in [5.74, 6) is 1.00. The zero-order chi connectivity index (χ0) is 14.8. The van der Waals surface area contributed by atoms with Crippen LogP contribution in [0.4, 0.5) is 11.5 Å². The van der Waals surface area contributed by atoms with Crippen LogP contribution in [-0.4, -0.2) is 17.7 Å². The molecule has 4 nitrogen and oxygen atoms in total. The van der Waals surface area contributed by atoms with Gasteiger partial charge in [-0.3, -0.25) is 0 Å². The van der Waals surface area contributed by atoms with E-state index in [1.54, 1.807) is 6.07 Å². The van der Waals surface area contributed by atoms with Crippen LogP contribution >= 0.6 is 0 Å². The molecule has 108 valence electrons. The topological polar surface area (TPSA) is 58.0 Å². The van der Waals surface area contributed by atoms with E-state index in [4.69, 9.17) is 5.73 Å². The van der Waals surface area contributed by atoms with Crippen LogP contribution in [0.1, 0.15) is 29.7 Å². The van der Waals surface area contributed by atoms with Crippen LogP contribution in [0.15, 0.2) is 30.3 Å². The predicted octanol–water partition coefficient (Wildman–Crippen LogP) is 2.90. The van der Waals surface area contributed by atoms with Crippen molar-refractivity contribution in [2.24, 2.45) is 0 Å². The number of nitrogens with two attached hydrogens (primary N) is 1. The van der Waals surface area contributed by atoms with Crippen molar-refractivity contribution < 1.29 is 0 Å². The van der Waals surface area contributed by atoms with Gasteiger partial charge in [-0.25, -0.2) is 0 Å². The monoisotopic (exact) mass is 280 g/mol. The molecule has 0 atom stereocenters. The number of nitrogen functional groups attached to an aromatic ring is 1. The lowest BCUT2D eigenvalue weighted by Crippen LogP contribution is -2.23. The first-order chi connectivity index (χ1) is 10.2. The molecule has 0 radical (unpaired) electrons. The molecule has 2 heterocycles. The minimum Gasteiger partial charge on any atom is -0.396 e. The first-order valence-corrected chi connectivity index (χ1v) is 7.38. The van der Waals surface area contributed by atoms with Crippen molar-refractivity contribution in [3.8, 4) is 6.07 Å².